The molecular formula is C73H88N12O10S7. The minimum absolute atomic E-state index is 0. The Labute approximate surface area is 617 Å². The predicted molar refractivity (Wildman–Crippen MR) is 405 cm³/mol. The van der Waals surface area contributed by atoms with Gasteiger partial charge in [0.25, 0.3) is 42.0 Å². The first-order chi connectivity index (χ1) is 48.8. The van der Waals surface area contributed by atoms with Gasteiger partial charge < -0.3 is 10.2 Å². The molecule has 6 atom stereocenters. The zero-order chi connectivity index (χ0) is 70.9. The molecule has 5 N–H and O–H groups in total. The molecule has 6 aromatic carbocycles. The highest BCUT2D eigenvalue weighted by Gasteiger charge is 2.38. The first-order valence-electron chi connectivity index (χ1n) is 34.4. The Morgan fingerprint density at radius 3 is 0.882 bits per heavy atom. The van der Waals surface area contributed by atoms with Crippen LogP contribution in [0.4, 0.5) is 15.4 Å². The van der Waals surface area contributed by atoms with Crippen molar-refractivity contribution in [3.63, 3.8) is 0 Å². The number of carboxylic acid groups (broad SMARTS) is 2. The van der Waals surface area contributed by atoms with E-state index in [0.717, 1.165) is 143 Å². The summed E-state index contributed by atoms with van der Waals surface area (Å²) >= 11 is 3.10. The van der Waals surface area contributed by atoms with Crippen LogP contribution in [0.25, 0.3) is 0 Å². The Hall–Kier alpha value is -7.58. The van der Waals surface area contributed by atoms with Crippen molar-refractivity contribution in [1.29, 1.82) is 0 Å². The molecule has 6 heterocycles. The Morgan fingerprint density at radius 1 is 0.382 bits per heavy atom. The van der Waals surface area contributed by atoms with Gasteiger partial charge in [0.2, 0.25) is 15.4 Å². The van der Waals surface area contributed by atoms with Crippen molar-refractivity contribution < 1.29 is 45.1 Å². The van der Waals surface area contributed by atoms with Gasteiger partial charge in [-0.3, -0.25) is 38.5 Å². The lowest BCUT2D eigenvalue weighted by atomic mass is 9.83. The lowest BCUT2D eigenvalue weighted by Gasteiger charge is -2.44. The maximum atomic E-state index is 12.8. The summed E-state index contributed by atoms with van der Waals surface area (Å²) < 4.78 is 96.1. The minimum atomic E-state index is -3.67. The standard InChI is InChI=1S/3C23H26N4O2S2.2C2H4O2.H2S/c3*28-31(29,26-23-24-16-25-30-23)19-12-13-20-18(15-19)9-6-11-22(20)27-14-5-4-10-21(27)17-7-2-1-3-8-17;2*1-2(3)4;/h3*1-3,7-8,12-13,15-16,21-22H,4-6,9-11,14H2,(H,24,25,26);2*1H3,(H,3,4);1H2/t21-,22+;2*21-,22-;;;/m000.../s1. The zero-order valence-corrected chi connectivity index (χ0v) is 62.9. The van der Waals surface area contributed by atoms with Crippen molar-refractivity contribution in [2.45, 2.75) is 180 Å². The van der Waals surface area contributed by atoms with E-state index in [1.54, 1.807) is 18.2 Å². The van der Waals surface area contributed by atoms with E-state index in [9.17, 15) is 25.3 Å². The molecule has 0 spiro atoms. The first kappa shape index (κ1) is 77.0. The van der Waals surface area contributed by atoms with Gasteiger partial charge >= 0.3 is 0 Å². The van der Waals surface area contributed by atoms with Crippen LogP contribution in [-0.4, -0.2) is 110 Å². The molecule has 0 radical (unpaired) electrons. The number of anilines is 3. The monoisotopic (exact) mass is 1520 g/mol. The van der Waals surface area contributed by atoms with Crippen LogP contribution in [-0.2, 0) is 58.9 Å². The van der Waals surface area contributed by atoms with E-state index < -0.39 is 42.0 Å². The van der Waals surface area contributed by atoms with Gasteiger partial charge in [0.1, 0.15) is 19.0 Å². The van der Waals surface area contributed by atoms with Crippen LogP contribution in [0.3, 0.4) is 0 Å². The van der Waals surface area contributed by atoms with Crippen molar-refractivity contribution in [2.75, 3.05) is 33.8 Å². The molecule has 3 aliphatic carbocycles. The number of piperidine rings is 3. The molecule has 3 fully saturated rings. The first-order valence-corrected chi connectivity index (χ1v) is 41.2. The normalized spacial score (nSPS) is 20.6. The Bertz CT molecular complexity index is 4060. The molecule has 3 saturated heterocycles. The fourth-order valence-electron chi connectivity index (χ4n) is 15.1. The molecule has 542 valence electrons. The smallest absolute Gasteiger partial charge is 0.300 e. The van der Waals surface area contributed by atoms with Crippen LogP contribution in [0.2, 0.25) is 0 Å². The number of benzene rings is 6. The van der Waals surface area contributed by atoms with Gasteiger partial charge in [0, 0.05) is 84.7 Å². The summed E-state index contributed by atoms with van der Waals surface area (Å²) in [4.78, 5) is 38.7. The van der Waals surface area contributed by atoms with Crippen molar-refractivity contribution >= 4 is 105 Å². The quantitative estimate of drug-likeness (QED) is 0.0637. The van der Waals surface area contributed by atoms with E-state index >= 15 is 0 Å². The molecule has 22 nitrogen and oxygen atoms in total. The zero-order valence-electron chi connectivity index (χ0n) is 57.0. The maximum Gasteiger partial charge on any atom is 0.300 e. The number of carboxylic acids is 2. The van der Waals surface area contributed by atoms with Crippen LogP contribution in [0.1, 0.15) is 196 Å². The third-order valence-electron chi connectivity index (χ3n) is 19.3. The van der Waals surface area contributed by atoms with Crippen LogP contribution in [0.15, 0.2) is 179 Å². The van der Waals surface area contributed by atoms with E-state index in [1.165, 1.54) is 110 Å². The second-order valence-electron chi connectivity index (χ2n) is 25.9. The summed E-state index contributed by atoms with van der Waals surface area (Å²) in [6.07, 6.45) is 24.3. The molecular weight excluding hydrogens is 1430 g/mol. The molecule has 0 saturated carbocycles. The van der Waals surface area contributed by atoms with Gasteiger partial charge in [-0.2, -0.15) is 26.6 Å². The molecule has 0 amide bonds. The Balaban J connectivity index is 0.000000155. The van der Waals surface area contributed by atoms with E-state index in [2.05, 4.69) is 148 Å². The summed E-state index contributed by atoms with van der Waals surface area (Å²) in [5.74, 6) is -1.67. The summed E-state index contributed by atoms with van der Waals surface area (Å²) in [5, 5.41) is 15.7. The number of aryl methyl sites for hydroxylation is 3. The van der Waals surface area contributed by atoms with E-state index in [1.807, 2.05) is 36.4 Å². The SMILES string of the molecule is CC(=O)O.CC(=O)O.O=S(=O)(Nc1ncns1)c1ccc2c(c1)CCC[C@@H]2N1CCCC[C@H]1c1ccccc1.O=S(=O)(Nc1ncns1)c1ccc2c(c1)CCC[C@@H]2N1CCCC[C@H]1c1ccccc1.O=S(=O)(Nc1ncns1)c1ccc2c(c1)CCC[C@H]2N1CCCC[C@H]1c1ccccc1.S. The van der Waals surface area contributed by atoms with Gasteiger partial charge in [-0.05, 0) is 202 Å². The number of fused-ring (bicyclic) bond motifs is 3. The molecule has 6 aliphatic rings. The number of carbonyl (C=O) groups is 2. The largest absolute Gasteiger partial charge is 0.481 e. The molecule has 9 aromatic rings. The lowest BCUT2D eigenvalue weighted by molar-refractivity contribution is -0.135. The summed E-state index contributed by atoms with van der Waals surface area (Å²) in [6.45, 7) is 5.42. The maximum absolute atomic E-state index is 12.8. The highest BCUT2D eigenvalue weighted by atomic mass is 32.2. The van der Waals surface area contributed by atoms with Gasteiger partial charge in [0.15, 0.2) is 0 Å². The van der Waals surface area contributed by atoms with Crippen molar-refractivity contribution in [3.05, 3.63) is 215 Å². The van der Waals surface area contributed by atoms with Crippen molar-refractivity contribution in [1.82, 2.24) is 42.8 Å². The van der Waals surface area contributed by atoms with Crippen molar-refractivity contribution in [2.24, 2.45) is 0 Å². The second-order valence-corrected chi connectivity index (χ2v) is 33.3. The third-order valence-corrected chi connectivity index (χ3v) is 25.4. The molecule has 0 unspecified atom stereocenters. The number of nitrogens with zero attached hydrogens (tertiary/aromatic N) is 9. The number of nitrogens with one attached hydrogen (secondary N) is 3. The molecule has 29 heteroatoms. The molecule has 15 rings (SSSR count). The van der Waals surface area contributed by atoms with Gasteiger partial charge in [-0.25, -0.2) is 40.2 Å². The van der Waals surface area contributed by atoms with E-state index in [0.29, 0.717) is 50.9 Å². The minimum Gasteiger partial charge on any atom is -0.481 e. The van der Waals surface area contributed by atoms with Crippen molar-refractivity contribution in [3.8, 4) is 0 Å². The average Bonchev–Trinajstić information content (AvgIpc) is 1.13. The number of rotatable bonds is 15. The highest BCUT2D eigenvalue weighted by Crippen LogP contribution is 2.47. The van der Waals surface area contributed by atoms with Gasteiger partial charge in [-0.1, -0.05) is 128 Å². The summed E-state index contributed by atoms with van der Waals surface area (Å²) in [6, 6.07) is 51.5. The summed E-state index contributed by atoms with van der Waals surface area (Å²) in [7, 11) is -11.0. The third kappa shape index (κ3) is 20.0. The van der Waals surface area contributed by atoms with Crippen LogP contribution < -0.4 is 14.2 Å². The molecule has 3 aromatic heterocycles. The topological polar surface area (TPSA) is 300 Å². The predicted octanol–water partition coefficient (Wildman–Crippen LogP) is 15.1. The number of aliphatic carboxylic acids is 2. The van der Waals surface area contributed by atoms with E-state index in [4.69, 9.17) is 19.8 Å². The van der Waals surface area contributed by atoms with Crippen LogP contribution in [0.5, 0.6) is 0 Å². The molecule has 3 aliphatic heterocycles. The fourth-order valence-corrected chi connectivity index (χ4v) is 20.2. The lowest BCUT2D eigenvalue weighted by Crippen LogP contribution is -2.38. The van der Waals surface area contributed by atoms with Gasteiger partial charge in [-0.15, -0.1) is 0 Å². The Morgan fingerprint density at radius 2 is 0.637 bits per heavy atom. The number of aromatic nitrogens is 6. The highest BCUT2D eigenvalue weighted by molar-refractivity contribution is 7.93. The van der Waals surface area contributed by atoms with Crippen LogP contribution >= 0.6 is 48.1 Å². The molecule has 0 bridgehead atoms. The van der Waals surface area contributed by atoms with Crippen LogP contribution in [0, 0.1) is 0 Å². The number of sulfonamides is 3. The van der Waals surface area contributed by atoms with E-state index in [-0.39, 0.29) is 28.9 Å². The Kier molecular flexibility index (Phi) is 27.4. The average molecular weight is 1520 g/mol. The number of hydrogen-bond acceptors (Lipinski definition) is 20. The molecule has 102 heavy (non-hydrogen) atoms. The van der Waals surface area contributed by atoms with Gasteiger partial charge in [0.05, 0.1) is 14.7 Å². The second kappa shape index (κ2) is 36.2. The fraction of sp³-hybridized carbons (Fsp3) is 0.397. The summed E-state index contributed by atoms with van der Waals surface area (Å²) in [5.41, 5.74) is 11.4. The number of likely N-dealkylation sites (tertiary alicyclic amines) is 3. The number of hydrogen-bond donors (Lipinski definition) is 5.